The van der Waals surface area contributed by atoms with E-state index in [1.807, 2.05) is 29.7 Å². The molecule has 0 amide bonds. The summed E-state index contributed by atoms with van der Waals surface area (Å²) in [5.41, 5.74) is 8.39. The van der Waals surface area contributed by atoms with E-state index in [9.17, 15) is 5.11 Å². The van der Waals surface area contributed by atoms with Gasteiger partial charge in [-0.3, -0.25) is 0 Å². The van der Waals surface area contributed by atoms with E-state index < -0.39 is 6.10 Å². The third kappa shape index (κ3) is 1.70. The molecular weight excluding hydrogens is 202 g/mol. The first-order valence-corrected chi connectivity index (χ1v) is 5.53. The molecule has 0 bridgehead atoms. The molecule has 0 aliphatic rings. The van der Waals surface area contributed by atoms with E-state index in [-0.39, 0.29) is 6.54 Å². The van der Waals surface area contributed by atoms with E-state index in [0.29, 0.717) is 0 Å². The van der Waals surface area contributed by atoms with Crippen LogP contribution in [0, 0.1) is 6.92 Å². The van der Waals surface area contributed by atoms with Gasteiger partial charge >= 0.3 is 0 Å². The lowest BCUT2D eigenvalue weighted by molar-refractivity contribution is 0.186. The summed E-state index contributed by atoms with van der Waals surface area (Å²) in [5, 5.41) is 9.70. The van der Waals surface area contributed by atoms with Crippen molar-refractivity contribution >= 4 is 5.52 Å². The van der Waals surface area contributed by atoms with Gasteiger partial charge in [-0.2, -0.15) is 0 Å². The van der Waals surface area contributed by atoms with Gasteiger partial charge in [-0.1, -0.05) is 13.0 Å². The normalized spacial score (nSPS) is 13.2. The van der Waals surface area contributed by atoms with Crippen LogP contribution in [0.3, 0.4) is 0 Å². The molecule has 2 rings (SSSR count). The second-order valence-corrected chi connectivity index (χ2v) is 3.94. The summed E-state index contributed by atoms with van der Waals surface area (Å²) in [4.78, 5) is 4.48. The molecule has 2 aromatic heterocycles. The topological polar surface area (TPSA) is 63.5 Å². The maximum atomic E-state index is 9.70. The van der Waals surface area contributed by atoms with E-state index in [2.05, 4.69) is 11.9 Å². The molecule has 4 heteroatoms. The average molecular weight is 219 g/mol. The Morgan fingerprint density at radius 3 is 2.88 bits per heavy atom. The van der Waals surface area contributed by atoms with Gasteiger partial charge in [0.25, 0.3) is 0 Å². The fourth-order valence-corrected chi connectivity index (χ4v) is 1.91. The average Bonchev–Trinajstić information content (AvgIpc) is 2.64. The predicted molar refractivity (Wildman–Crippen MR) is 63.3 cm³/mol. The van der Waals surface area contributed by atoms with Gasteiger partial charge in [-0.15, -0.1) is 0 Å². The number of hydrogen-bond donors (Lipinski definition) is 2. The zero-order chi connectivity index (χ0) is 11.7. The summed E-state index contributed by atoms with van der Waals surface area (Å²) >= 11 is 0. The van der Waals surface area contributed by atoms with Gasteiger partial charge in [-0.25, -0.2) is 4.98 Å². The minimum absolute atomic E-state index is 0.237. The molecule has 0 fully saturated rings. The van der Waals surface area contributed by atoms with Crippen molar-refractivity contribution in [2.75, 3.05) is 6.54 Å². The van der Waals surface area contributed by atoms with Crippen LogP contribution >= 0.6 is 0 Å². The number of aliphatic hydroxyl groups is 1. The summed E-state index contributed by atoms with van der Waals surface area (Å²) in [5.74, 6) is 1.01. The number of aromatic nitrogens is 2. The maximum Gasteiger partial charge on any atom is 0.113 e. The number of imidazole rings is 1. The van der Waals surface area contributed by atoms with E-state index >= 15 is 0 Å². The molecule has 86 valence electrons. The number of rotatable bonds is 3. The third-order valence-corrected chi connectivity index (χ3v) is 2.84. The van der Waals surface area contributed by atoms with Crippen LogP contribution in [-0.2, 0) is 6.42 Å². The van der Waals surface area contributed by atoms with Crippen molar-refractivity contribution in [1.29, 1.82) is 0 Å². The molecule has 0 saturated carbocycles. The summed E-state index contributed by atoms with van der Waals surface area (Å²) < 4.78 is 2.03. The van der Waals surface area contributed by atoms with Crippen LogP contribution in [0.2, 0.25) is 0 Å². The molecule has 2 heterocycles. The fraction of sp³-hybridized carbons (Fsp3) is 0.417. The van der Waals surface area contributed by atoms with Gasteiger partial charge in [0.1, 0.15) is 5.82 Å². The van der Waals surface area contributed by atoms with Crippen molar-refractivity contribution in [2.24, 2.45) is 5.73 Å². The molecule has 0 aromatic carbocycles. The molecule has 4 nitrogen and oxygen atoms in total. The maximum absolute atomic E-state index is 9.70. The van der Waals surface area contributed by atoms with Crippen LogP contribution in [0.5, 0.6) is 0 Å². The van der Waals surface area contributed by atoms with Gasteiger partial charge in [0.2, 0.25) is 0 Å². The second kappa shape index (κ2) is 4.23. The van der Waals surface area contributed by atoms with Crippen LogP contribution in [-0.4, -0.2) is 21.0 Å². The molecule has 1 atom stereocenters. The highest BCUT2D eigenvalue weighted by atomic mass is 16.3. The zero-order valence-electron chi connectivity index (χ0n) is 9.64. The first-order valence-electron chi connectivity index (χ1n) is 5.53. The Hall–Kier alpha value is -1.39. The van der Waals surface area contributed by atoms with Crippen LogP contribution in [0.1, 0.15) is 30.1 Å². The van der Waals surface area contributed by atoms with Gasteiger partial charge in [0, 0.05) is 19.2 Å². The Morgan fingerprint density at radius 2 is 2.25 bits per heavy atom. The third-order valence-electron chi connectivity index (χ3n) is 2.84. The van der Waals surface area contributed by atoms with E-state index in [4.69, 9.17) is 5.73 Å². The fourth-order valence-electron chi connectivity index (χ4n) is 1.91. The van der Waals surface area contributed by atoms with Crippen LogP contribution in [0.15, 0.2) is 18.3 Å². The lowest BCUT2D eigenvalue weighted by Crippen LogP contribution is -2.12. The summed E-state index contributed by atoms with van der Waals surface area (Å²) in [6.45, 7) is 4.30. The summed E-state index contributed by atoms with van der Waals surface area (Å²) in [6, 6.07) is 3.89. The molecule has 0 spiro atoms. The Balaban J connectivity index is 2.59. The molecule has 0 radical (unpaired) electrons. The summed E-state index contributed by atoms with van der Waals surface area (Å²) in [7, 11) is 0. The Bertz CT molecular complexity index is 504. The van der Waals surface area contributed by atoms with Crippen molar-refractivity contribution in [3.05, 3.63) is 35.4 Å². The molecule has 3 N–H and O–H groups in total. The minimum Gasteiger partial charge on any atom is -0.387 e. The molecule has 16 heavy (non-hydrogen) atoms. The van der Waals surface area contributed by atoms with Crippen LogP contribution < -0.4 is 5.73 Å². The molecule has 0 aliphatic heterocycles. The minimum atomic E-state index is -0.600. The van der Waals surface area contributed by atoms with Crippen molar-refractivity contribution in [3.8, 4) is 0 Å². The van der Waals surface area contributed by atoms with Crippen molar-refractivity contribution in [2.45, 2.75) is 26.4 Å². The number of nitrogens with zero attached hydrogens (tertiary/aromatic N) is 2. The van der Waals surface area contributed by atoms with E-state index in [1.54, 1.807) is 0 Å². The van der Waals surface area contributed by atoms with Gasteiger partial charge < -0.3 is 15.2 Å². The Morgan fingerprint density at radius 1 is 1.50 bits per heavy atom. The first-order chi connectivity index (χ1) is 7.67. The molecular formula is C12H17N3O. The SMILES string of the molecule is CCc1nc(C)c2ccc(C(O)CN)cn12. The molecule has 0 aliphatic carbocycles. The molecule has 0 saturated heterocycles. The van der Waals surface area contributed by atoms with Gasteiger partial charge in [0.15, 0.2) is 0 Å². The zero-order valence-corrected chi connectivity index (χ0v) is 9.64. The highest BCUT2D eigenvalue weighted by Gasteiger charge is 2.10. The Kier molecular flexibility index (Phi) is 2.94. The number of aryl methyl sites for hydroxylation is 2. The number of pyridine rings is 1. The molecule has 1 unspecified atom stereocenters. The first kappa shape index (κ1) is 11.1. The van der Waals surface area contributed by atoms with Crippen LogP contribution in [0.4, 0.5) is 0 Å². The highest BCUT2D eigenvalue weighted by molar-refractivity contribution is 5.53. The van der Waals surface area contributed by atoms with E-state index in [1.165, 1.54) is 0 Å². The lowest BCUT2D eigenvalue weighted by Gasteiger charge is -2.09. The van der Waals surface area contributed by atoms with E-state index in [0.717, 1.165) is 29.0 Å². The predicted octanol–water partition coefficient (Wildman–Crippen LogP) is 1.20. The number of fused-ring (bicyclic) bond motifs is 1. The standard InChI is InChI=1S/C12H17N3O/c1-3-12-14-8(2)10-5-4-9(7-15(10)12)11(16)6-13/h4-5,7,11,16H,3,6,13H2,1-2H3. The van der Waals surface area contributed by atoms with Crippen molar-refractivity contribution < 1.29 is 5.11 Å². The van der Waals surface area contributed by atoms with Gasteiger partial charge in [0.05, 0.1) is 17.3 Å². The number of aliphatic hydroxyl groups excluding tert-OH is 1. The second-order valence-electron chi connectivity index (χ2n) is 3.94. The monoisotopic (exact) mass is 219 g/mol. The highest BCUT2D eigenvalue weighted by Crippen LogP contribution is 2.18. The lowest BCUT2D eigenvalue weighted by atomic mass is 10.1. The van der Waals surface area contributed by atoms with Crippen LogP contribution in [0.25, 0.3) is 5.52 Å². The molecule has 2 aromatic rings. The number of hydrogen-bond acceptors (Lipinski definition) is 3. The van der Waals surface area contributed by atoms with Crippen molar-refractivity contribution in [3.63, 3.8) is 0 Å². The van der Waals surface area contributed by atoms with Crippen molar-refractivity contribution in [1.82, 2.24) is 9.38 Å². The largest absolute Gasteiger partial charge is 0.387 e. The Labute approximate surface area is 94.7 Å². The van der Waals surface area contributed by atoms with Gasteiger partial charge in [-0.05, 0) is 18.6 Å². The quantitative estimate of drug-likeness (QED) is 0.815. The number of nitrogens with two attached hydrogens (primary N) is 1. The summed E-state index contributed by atoms with van der Waals surface area (Å²) in [6.07, 6.45) is 2.19. The smallest absolute Gasteiger partial charge is 0.113 e.